The Labute approximate surface area is 161 Å². The topological polar surface area (TPSA) is 42.0 Å². The Bertz CT molecular complexity index is 561. The van der Waals surface area contributed by atoms with Crippen molar-refractivity contribution in [2.45, 2.75) is 25.3 Å². The third kappa shape index (κ3) is 5.63. The van der Waals surface area contributed by atoms with Gasteiger partial charge in [0.1, 0.15) is 5.75 Å². The molecule has 5 nitrogen and oxygen atoms in total. The fraction of sp³-hybridized carbons (Fsp3) is 0.650. The van der Waals surface area contributed by atoms with Crippen LogP contribution in [0.2, 0.25) is 0 Å². The minimum atomic E-state index is 0.293. The van der Waals surface area contributed by atoms with Gasteiger partial charge in [0.15, 0.2) is 0 Å². The molecule has 2 aliphatic heterocycles. The van der Waals surface area contributed by atoms with Gasteiger partial charge in [0.25, 0.3) is 0 Å². The van der Waals surface area contributed by atoms with Gasteiger partial charge in [-0.15, -0.1) is 0 Å². The van der Waals surface area contributed by atoms with Crippen LogP contribution in [-0.4, -0.2) is 79.8 Å². The quantitative estimate of drug-likeness (QED) is 0.760. The van der Waals surface area contributed by atoms with Crippen LogP contribution in [0.15, 0.2) is 24.3 Å². The molecule has 1 atom stereocenters. The zero-order valence-corrected chi connectivity index (χ0v) is 16.5. The molecule has 2 heterocycles. The first-order valence-electron chi connectivity index (χ1n) is 9.56. The molecule has 3 rings (SSSR count). The second-order valence-corrected chi connectivity index (χ2v) is 8.08. The molecule has 0 aliphatic carbocycles. The lowest BCUT2D eigenvalue weighted by atomic mass is 10.1. The van der Waals surface area contributed by atoms with Gasteiger partial charge in [0.2, 0.25) is 5.91 Å². The highest BCUT2D eigenvalue weighted by molar-refractivity contribution is 7.99. The average molecular weight is 379 g/mol. The molecule has 0 aromatic heterocycles. The van der Waals surface area contributed by atoms with Crippen molar-refractivity contribution in [1.82, 2.24) is 9.80 Å². The van der Waals surface area contributed by atoms with E-state index in [2.05, 4.69) is 21.9 Å². The fourth-order valence-corrected chi connectivity index (χ4v) is 4.63. The van der Waals surface area contributed by atoms with E-state index in [1.165, 1.54) is 5.56 Å². The molecule has 26 heavy (non-hydrogen) atoms. The molecule has 144 valence electrons. The summed E-state index contributed by atoms with van der Waals surface area (Å²) in [7, 11) is 1.67. The molecule has 1 aromatic carbocycles. The third-order valence-corrected chi connectivity index (χ3v) is 6.32. The summed E-state index contributed by atoms with van der Waals surface area (Å²) in [5.41, 5.74) is 1.19. The Kier molecular flexibility index (Phi) is 7.65. The molecule has 1 unspecified atom stereocenters. The van der Waals surface area contributed by atoms with Crippen molar-refractivity contribution in [3.8, 4) is 5.75 Å². The SMILES string of the molecule is COc1ccc(CCC(=O)N2CCCSCC2CN2CCOCC2)cc1. The summed E-state index contributed by atoms with van der Waals surface area (Å²) in [4.78, 5) is 17.5. The van der Waals surface area contributed by atoms with Gasteiger partial charge < -0.3 is 14.4 Å². The highest BCUT2D eigenvalue weighted by Gasteiger charge is 2.27. The number of hydrogen-bond donors (Lipinski definition) is 0. The number of benzene rings is 1. The van der Waals surface area contributed by atoms with Gasteiger partial charge >= 0.3 is 0 Å². The lowest BCUT2D eigenvalue weighted by molar-refractivity contribution is -0.133. The number of amides is 1. The van der Waals surface area contributed by atoms with E-state index < -0.39 is 0 Å². The smallest absolute Gasteiger partial charge is 0.223 e. The molecule has 6 heteroatoms. The molecule has 2 saturated heterocycles. The average Bonchev–Trinajstić information content (AvgIpc) is 2.93. The normalized spacial score (nSPS) is 22.0. The highest BCUT2D eigenvalue weighted by atomic mass is 32.2. The monoisotopic (exact) mass is 378 g/mol. The third-order valence-electron chi connectivity index (χ3n) is 5.12. The van der Waals surface area contributed by atoms with Crippen LogP contribution in [0.5, 0.6) is 5.75 Å². The highest BCUT2D eigenvalue weighted by Crippen LogP contribution is 2.20. The number of carbonyl (C=O) groups excluding carboxylic acids is 1. The summed E-state index contributed by atoms with van der Waals surface area (Å²) in [5.74, 6) is 3.35. The van der Waals surface area contributed by atoms with E-state index in [1.807, 2.05) is 23.9 Å². The fourth-order valence-electron chi connectivity index (χ4n) is 3.58. The maximum Gasteiger partial charge on any atom is 0.223 e. The van der Waals surface area contributed by atoms with Crippen molar-refractivity contribution in [2.24, 2.45) is 0 Å². The van der Waals surface area contributed by atoms with Crippen molar-refractivity contribution < 1.29 is 14.3 Å². The van der Waals surface area contributed by atoms with E-state index in [-0.39, 0.29) is 0 Å². The number of rotatable bonds is 6. The van der Waals surface area contributed by atoms with Gasteiger partial charge in [-0.1, -0.05) is 12.1 Å². The first-order chi connectivity index (χ1) is 12.8. The standard InChI is InChI=1S/C20H30N2O3S/c1-24-19-6-3-17(4-7-19)5-8-20(23)22-9-2-14-26-16-18(22)15-21-10-12-25-13-11-21/h3-4,6-7,18H,2,5,8-16H2,1H3. The van der Waals surface area contributed by atoms with E-state index in [0.717, 1.165) is 69.5 Å². The van der Waals surface area contributed by atoms with E-state index >= 15 is 0 Å². The number of carbonyl (C=O) groups is 1. The van der Waals surface area contributed by atoms with Gasteiger partial charge in [-0.25, -0.2) is 0 Å². The molecule has 2 fully saturated rings. The van der Waals surface area contributed by atoms with Crippen LogP contribution < -0.4 is 4.74 Å². The number of morpholine rings is 1. The molecule has 0 N–H and O–H groups in total. The molecule has 0 spiro atoms. The summed E-state index contributed by atoms with van der Waals surface area (Å²) >= 11 is 1.99. The summed E-state index contributed by atoms with van der Waals surface area (Å²) < 4.78 is 10.7. The number of hydrogen-bond acceptors (Lipinski definition) is 5. The van der Waals surface area contributed by atoms with Crippen LogP contribution in [0.1, 0.15) is 18.4 Å². The Balaban J connectivity index is 1.56. The predicted octanol–water partition coefficient (Wildman–Crippen LogP) is 2.29. The zero-order valence-electron chi connectivity index (χ0n) is 15.7. The lowest BCUT2D eigenvalue weighted by Crippen LogP contribution is -2.50. The summed E-state index contributed by atoms with van der Waals surface area (Å²) in [5, 5.41) is 0. The Morgan fingerprint density at radius 3 is 2.73 bits per heavy atom. The Hall–Kier alpha value is -1.24. The number of methoxy groups -OCH3 is 1. The maximum atomic E-state index is 12.9. The van der Waals surface area contributed by atoms with Crippen LogP contribution in [0.3, 0.4) is 0 Å². The second kappa shape index (κ2) is 10.2. The molecular weight excluding hydrogens is 348 g/mol. The van der Waals surface area contributed by atoms with Crippen molar-refractivity contribution in [3.05, 3.63) is 29.8 Å². The van der Waals surface area contributed by atoms with Gasteiger partial charge in [-0.2, -0.15) is 11.8 Å². The molecule has 0 radical (unpaired) electrons. The summed E-state index contributed by atoms with van der Waals surface area (Å²) in [6.07, 6.45) is 2.46. The Morgan fingerprint density at radius 1 is 1.23 bits per heavy atom. The van der Waals surface area contributed by atoms with Gasteiger partial charge in [0.05, 0.1) is 26.4 Å². The lowest BCUT2D eigenvalue weighted by Gasteiger charge is -2.35. The van der Waals surface area contributed by atoms with E-state index in [4.69, 9.17) is 9.47 Å². The molecular formula is C20H30N2O3S. The van der Waals surface area contributed by atoms with Gasteiger partial charge in [0, 0.05) is 38.4 Å². The number of nitrogens with zero attached hydrogens (tertiary/aromatic N) is 2. The van der Waals surface area contributed by atoms with Crippen molar-refractivity contribution in [3.63, 3.8) is 0 Å². The van der Waals surface area contributed by atoms with Crippen molar-refractivity contribution in [1.29, 1.82) is 0 Å². The van der Waals surface area contributed by atoms with Crippen LogP contribution in [0.25, 0.3) is 0 Å². The molecule has 1 aromatic rings. The number of aryl methyl sites for hydroxylation is 1. The first-order valence-corrected chi connectivity index (χ1v) is 10.7. The molecule has 2 aliphatic rings. The minimum Gasteiger partial charge on any atom is -0.497 e. The summed E-state index contributed by atoms with van der Waals surface area (Å²) in [6.45, 7) is 5.45. The van der Waals surface area contributed by atoms with Crippen molar-refractivity contribution >= 4 is 17.7 Å². The minimum absolute atomic E-state index is 0.293. The molecule has 1 amide bonds. The van der Waals surface area contributed by atoms with Crippen LogP contribution in [-0.2, 0) is 16.0 Å². The molecule has 0 saturated carbocycles. The summed E-state index contributed by atoms with van der Waals surface area (Å²) in [6, 6.07) is 8.35. The molecule has 0 bridgehead atoms. The number of thioether (sulfide) groups is 1. The maximum absolute atomic E-state index is 12.9. The Morgan fingerprint density at radius 2 is 2.00 bits per heavy atom. The van der Waals surface area contributed by atoms with Gasteiger partial charge in [-0.05, 0) is 36.3 Å². The van der Waals surface area contributed by atoms with Gasteiger partial charge in [-0.3, -0.25) is 9.69 Å². The predicted molar refractivity (Wildman–Crippen MR) is 106 cm³/mol. The van der Waals surface area contributed by atoms with E-state index in [0.29, 0.717) is 18.4 Å². The van der Waals surface area contributed by atoms with Crippen LogP contribution in [0, 0.1) is 0 Å². The van der Waals surface area contributed by atoms with E-state index in [1.54, 1.807) is 7.11 Å². The first kappa shape index (κ1) is 19.5. The van der Waals surface area contributed by atoms with Crippen LogP contribution >= 0.6 is 11.8 Å². The van der Waals surface area contributed by atoms with Crippen LogP contribution in [0.4, 0.5) is 0 Å². The zero-order chi connectivity index (χ0) is 18.2. The number of ether oxygens (including phenoxy) is 2. The van der Waals surface area contributed by atoms with Crippen molar-refractivity contribution in [2.75, 3.05) is 58.0 Å². The second-order valence-electron chi connectivity index (χ2n) is 6.93. The van der Waals surface area contributed by atoms with E-state index in [9.17, 15) is 4.79 Å². The largest absolute Gasteiger partial charge is 0.497 e.